The topological polar surface area (TPSA) is 3.24 Å². The molecule has 8 aromatic rings. The summed E-state index contributed by atoms with van der Waals surface area (Å²) in [7, 11) is 0. The SMILES string of the molecule is Cc1cc(C)cc(-c2ccccc2-c2ccc(N(c3ccc(-c4ccccc4)cc3)c3ccc(-c4ccccc4-c4ccccc4)cc3)cc2)c1. The molecule has 8 rings (SSSR count). The van der Waals surface area contributed by atoms with Gasteiger partial charge in [-0.05, 0) is 106 Å². The molecule has 8 aromatic carbocycles. The lowest BCUT2D eigenvalue weighted by molar-refractivity contribution is 1.28. The molecule has 0 saturated heterocycles. The smallest absolute Gasteiger partial charge is 0.0462 e. The van der Waals surface area contributed by atoms with Crippen LogP contribution in [0.4, 0.5) is 17.1 Å². The van der Waals surface area contributed by atoms with Crippen LogP contribution in [0.15, 0.2) is 200 Å². The molecule has 1 nitrogen and oxygen atoms in total. The van der Waals surface area contributed by atoms with Crippen LogP contribution in [-0.4, -0.2) is 0 Å². The van der Waals surface area contributed by atoms with E-state index in [1.165, 1.54) is 66.8 Å². The van der Waals surface area contributed by atoms with Gasteiger partial charge in [0.05, 0.1) is 0 Å². The predicted octanol–water partition coefficient (Wildman–Crippen LogP) is 14.1. The number of aryl methyl sites for hydroxylation is 2. The summed E-state index contributed by atoms with van der Waals surface area (Å²) < 4.78 is 0. The normalized spacial score (nSPS) is 10.9. The van der Waals surface area contributed by atoms with Crippen LogP contribution in [0.25, 0.3) is 55.6 Å². The van der Waals surface area contributed by atoms with Crippen LogP contribution in [0.5, 0.6) is 0 Å². The molecule has 0 unspecified atom stereocenters. The van der Waals surface area contributed by atoms with Gasteiger partial charge >= 0.3 is 0 Å². The van der Waals surface area contributed by atoms with E-state index in [4.69, 9.17) is 0 Å². The minimum Gasteiger partial charge on any atom is -0.311 e. The maximum Gasteiger partial charge on any atom is 0.0462 e. The molecular formula is C50H39N. The standard InChI is InChI=1S/C50H39N/c1-36-33-37(2)35-43(34-36)50-20-12-11-19-49(50)42-25-31-46(32-26-42)51(44-27-21-39(22-28-44)38-13-5-3-6-14-38)45-29-23-41(24-30-45)48-18-10-9-17-47(48)40-15-7-4-8-16-40/h3-35H,1-2H3. The van der Waals surface area contributed by atoms with E-state index < -0.39 is 0 Å². The van der Waals surface area contributed by atoms with Gasteiger partial charge in [0, 0.05) is 17.1 Å². The Hall–Kier alpha value is -6.44. The molecule has 0 aliphatic rings. The van der Waals surface area contributed by atoms with Crippen molar-refractivity contribution < 1.29 is 0 Å². The highest BCUT2D eigenvalue weighted by Gasteiger charge is 2.16. The maximum absolute atomic E-state index is 2.35. The summed E-state index contributed by atoms with van der Waals surface area (Å²) in [6.45, 7) is 4.34. The maximum atomic E-state index is 2.35. The third-order valence-electron chi connectivity index (χ3n) is 9.58. The third kappa shape index (κ3) is 6.75. The van der Waals surface area contributed by atoms with E-state index in [2.05, 4.69) is 219 Å². The Labute approximate surface area is 301 Å². The van der Waals surface area contributed by atoms with Crippen molar-refractivity contribution in [2.75, 3.05) is 4.90 Å². The van der Waals surface area contributed by atoms with Crippen molar-refractivity contribution in [3.8, 4) is 55.6 Å². The van der Waals surface area contributed by atoms with Crippen LogP contribution >= 0.6 is 0 Å². The summed E-state index contributed by atoms with van der Waals surface area (Å²) in [5.74, 6) is 0. The molecule has 0 spiro atoms. The summed E-state index contributed by atoms with van der Waals surface area (Å²) in [5.41, 5.74) is 18.1. The molecule has 0 aliphatic carbocycles. The fraction of sp³-hybridized carbons (Fsp3) is 0.0400. The van der Waals surface area contributed by atoms with Gasteiger partial charge in [-0.25, -0.2) is 0 Å². The first kappa shape index (κ1) is 31.8. The lowest BCUT2D eigenvalue weighted by Gasteiger charge is -2.26. The molecule has 0 heterocycles. The second-order valence-corrected chi connectivity index (χ2v) is 13.2. The number of hydrogen-bond acceptors (Lipinski definition) is 1. The average Bonchev–Trinajstić information content (AvgIpc) is 3.19. The predicted molar refractivity (Wildman–Crippen MR) is 218 cm³/mol. The summed E-state index contributed by atoms with van der Waals surface area (Å²) in [5, 5.41) is 0. The molecule has 0 bridgehead atoms. The van der Waals surface area contributed by atoms with Gasteiger partial charge in [0.15, 0.2) is 0 Å². The minimum absolute atomic E-state index is 1.10. The largest absolute Gasteiger partial charge is 0.311 e. The van der Waals surface area contributed by atoms with Crippen molar-refractivity contribution in [3.05, 3.63) is 211 Å². The molecule has 0 atom stereocenters. The Balaban J connectivity index is 1.18. The Morgan fingerprint density at radius 3 is 0.961 bits per heavy atom. The lowest BCUT2D eigenvalue weighted by Crippen LogP contribution is -2.09. The van der Waals surface area contributed by atoms with E-state index in [-0.39, 0.29) is 0 Å². The molecule has 0 amide bonds. The zero-order valence-corrected chi connectivity index (χ0v) is 29.0. The van der Waals surface area contributed by atoms with E-state index >= 15 is 0 Å². The summed E-state index contributed by atoms with van der Waals surface area (Å²) >= 11 is 0. The van der Waals surface area contributed by atoms with Crippen molar-refractivity contribution in [1.82, 2.24) is 0 Å². The highest BCUT2D eigenvalue weighted by atomic mass is 15.1. The number of anilines is 3. The van der Waals surface area contributed by atoms with Gasteiger partial charge in [0.25, 0.3) is 0 Å². The quantitative estimate of drug-likeness (QED) is 0.158. The van der Waals surface area contributed by atoms with Gasteiger partial charge < -0.3 is 4.90 Å². The Morgan fingerprint density at radius 1 is 0.255 bits per heavy atom. The molecular weight excluding hydrogens is 615 g/mol. The van der Waals surface area contributed by atoms with E-state index in [9.17, 15) is 0 Å². The Kier molecular flexibility index (Phi) is 8.85. The lowest BCUT2D eigenvalue weighted by atomic mass is 9.92. The average molecular weight is 654 g/mol. The third-order valence-corrected chi connectivity index (χ3v) is 9.58. The molecule has 0 aromatic heterocycles. The van der Waals surface area contributed by atoms with Crippen LogP contribution in [-0.2, 0) is 0 Å². The molecule has 0 fully saturated rings. The van der Waals surface area contributed by atoms with Gasteiger partial charge in [-0.1, -0.05) is 175 Å². The van der Waals surface area contributed by atoms with Gasteiger partial charge in [0.2, 0.25) is 0 Å². The van der Waals surface area contributed by atoms with Crippen LogP contribution in [0.3, 0.4) is 0 Å². The minimum atomic E-state index is 1.10. The van der Waals surface area contributed by atoms with Gasteiger partial charge in [0.1, 0.15) is 0 Å². The number of hydrogen-bond donors (Lipinski definition) is 0. The molecule has 0 aliphatic heterocycles. The number of benzene rings is 8. The highest BCUT2D eigenvalue weighted by molar-refractivity contribution is 5.87. The summed E-state index contributed by atoms with van der Waals surface area (Å²) in [6.07, 6.45) is 0. The van der Waals surface area contributed by atoms with E-state index in [0.717, 1.165) is 17.1 Å². The molecule has 244 valence electrons. The molecule has 0 N–H and O–H groups in total. The van der Waals surface area contributed by atoms with Crippen LogP contribution in [0, 0.1) is 13.8 Å². The van der Waals surface area contributed by atoms with Crippen LogP contribution < -0.4 is 4.90 Å². The Bertz CT molecular complexity index is 2370. The first-order valence-corrected chi connectivity index (χ1v) is 17.6. The van der Waals surface area contributed by atoms with Crippen LogP contribution in [0.1, 0.15) is 11.1 Å². The monoisotopic (exact) mass is 653 g/mol. The molecule has 0 radical (unpaired) electrons. The zero-order valence-electron chi connectivity index (χ0n) is 29.0. The molecule has 1 heteroatoms. The fourth-order valence-electron chi connectivity index (χ4n) is 7.18. The molecule has 0 saturated carbocycles. The number of rotatable bonds is 8. The van der Waals surface area contributed by atoms with Crippen molar-refractivity contribution >= 4 is 17.1 Å². The van der Waals surface area contributed by atoms with Crippen molar-refractivity contribution in [2.45, 2.75) is 13.8 Å². The van der Waals surface area contributed by atoms with Gasteiger partial charge in [-0.15, -0.1) is 0 Å². The van der Waals surface area contributed by atoms with E-state index in [1.54, 1.807) is 0 Å². The number of nitrogens with zero attached hydrogens (tertiary/aromatic N) is 1. The van der Waals surface area contributed by atoms with Crippen molar-refractivity contribution in [1.29, 1.82) is 0 Å². The van der Waals surface area contributed by atoms with Crippen molar-refractivity contribution in [3.63, 3.8) is 0 Å². The van der Waals surface area contributed by atoms with Crippen molar-refractivity contribution in [2.24, 2.45) is 0 Å². The first-order valence-electron chi connectivity index (χ1n) is 17.6. The zero-order chi connectivity index (χ0) is 34.6. The van der Waals surface area contributed by atoms with Crippen LogP contribution in [0.2, 0.25) is 0 Å². The second-order valence-electron chi connectivity index (χ2n) is 13.2. The first-order chi connectivity index (χ1) is 25.1. The van der Waals surface area contributed by atoms with E-state index in [0.29, 0.717) is 0 Å². The second kappa shape index (κ2) is 14.2. The van der Waals surface area contributed by atoms with Gasteiger partial charge in [-0.2, -0.15) is 0 Å². The van der Waals surface area contributed by atoms with E-state index in [1.807, 2.05) is 0 Å². The summed E-state index contributed by atoms with van der Waals surface area (Å²) in [4.78, 5) is 2.35. The van der Waals surface area contributed by atoms with Gasteiger partial charge in [-0.3, -0.25) is 0 Å². The highest BCUT2D eigenvalue weighted by Crippen LogP contribution is 2.40. The summed E-state index contributed by atoms with van der Waals surface area (Å²) in [6, 6.07) is 72.2. The fourth-order valence-corrected chi connectivity index (χ4v) is 7.18. The Morgan fingerprint density at radius 2 is 0.549 bits per heavy atom. The molecule has 51 heavy (non-hydrogen) atoms.